The average Bonchev–Trinajstić information content (AvgIpc) is 2.90. The predicted octanol–water partition coefficient (Wildman–Crippen LogP) is 4.71. The van der Waals surface area contributed by atoms with Gasteiger partial charge in [-0.3, -0.25) is 0 Å². The van der Waals surface area contributed by atoms with Gasteiger partial charge in [-0.05, 0) is 0 Å². The summed E-state index contributed by atoms with van der Waals surface area (Å²) in [6.45, 7) is 0. The van der Waals surface area contributed by atoms with Gasteiger partial charge in [-0.1, -0.05) is 0 Å². The van der Waals surface area contributed by atoms with Crippen molar-refractivity contribution in [3.05, 3.63) is 0 Å². The molecule has 0 fully saturated rings. The molecule has 0 spiro atoms. The number of nitrogens with zero attached hydrogens (tertiary/aromatic N) is 17. The first-order valence-electron chi connectivity index (χ1n) is 15.4. The molecular weight excluding hydrogens is 707 g/mol. The zero-order valence-electron chi connectivity index (χ0n) is 34.8. The van der Waals surface area contributed by atoms with Crippen LogP contribution in [-0.2, 0) is 0 Å². The Hall–Kier alpha value is 0.160. The van der Waals surface area contributed by atoms with E-state index in [0.29, 0.717) is 0 Å². The maximum atomic E-state index is 11.1. The van der Waals surface area contributed by atoms with Gasteiger partial charge < -0.3 is 0 Å². The first-order valence-corrected chi connectivity index (χ1v) is 23.9. The van der Waals surface area contributed by atoms with Crippen LogP contribution in [0.1, 0.15) is 0 Å². The van der Waals surface area contributed by atoms with Gasteiger partial charge in [0, 0.05) is 0 Å². The Morgan fingerprint density at radius 1 is 0.333 bits per heavy atom. The molecule has 1 N–H and O–H groups in total. The van der Waals surface area contributed by atoms with E-state index in [9.17, 15) is 5.26 Å². The summed E-state index contributed by atoms with van der Waals surface area (Å²) < 4.78 is 50.0. The van der Waals surface area contributed by atoms with Crippen molar-refractivity contribution in [1.29, 1.82) is 5.26 Å². The molecule has 0 aliphatic carbocycles. The van der Waals surface area contributed by atoms with Gasteiger partial charge in [0.1, 0.15) is 0 Å². The van der Waals surface area contributed by atoms with Gasteiger partial charge in [0.2, 0.25) is 0 Å². The zero-order chi connectivity index (χ0) is 38.6. The number of hydrogen-bond acceptors (Lipinski definition) is 6. The van der Waals surface area contributed by atoms with E-state index in [0.717, 1.165) is 0 Å². The molecule has 0 saturated heterocycles. The normalized spacial score (nSPS) is 15.3. The van der Waals surface area contributed by atoms with E-state index in [-0.39, 0.29) is 0 Å². The Kier molecular flexibility index (Phi) is 17.4. The van der Waals surface area contributed by atoms with Crippen molar-refractivity contribution in [2.75, 3.05) is 169 Å². The fourth-order valence-electron chi connectivity index (χ4n) is 6.42. The van der Waals surface area contributed by atoms with Crippen LogP contribution in [0.15, 0.2) is 18.1 Å². The fourth-order valence-corrected chi connectivity index (χ4v) is 33.4. The Morgan fingerprint density at radius 3 is 0.542 bits per heavy atom. The summed E-state index contributed by atoms with van der Waals surface area (Å²) >= 11 is 0. The van der Waals surface area contributed by atoms with E-state index in [2.05, 4.69) is 67.3 Å². The summed E-state index contributed by atoms with van der Waals surface area (Å²) in [5.74, 6) is 0. The first kappa shape index (κ1) is 48.2. The van der Waals surface area contributed by atoms with E-state index in [1.807, 2.05) is 169 Å². The molecule has 0 aliphatic heterocycles. The second-order valence-corrected chi connectivity index (χ2v) is 32.7. The van der Waals surface area contributed by atoms with Crippen LogP contribution >= 0.6 is 37.4 Å². The van der Waals surface area contributed by atoms with E-state index in [4.69, 9.17) is 18.1 Å². The van der Waals surface area contributed by atoms with E-state index in [1.54, 1.807) is 0 Å². The summed E-state index contributed by atoms with van der Waals surface area (Å²) in [6.07, 6.45) is 2.39. The van der Waals surface area contributed by atoms with Crippen LogP contribution in [0.2, 0.25) is 0 Å². The molecule has 0 bridgehead atoms. The van der Waals surface area contributed by atoms with Crippen molar-refractivity contribution < 1.29 is 0 Å². The standard InChI is InChI=1S/C25H73N18P5/c1-32(2)44(33(3)4,34(5)6)28-48(27-25-26,29-45(35(7)8,36(9)10)37(11)12,30-46(38(13)14,39(15)16)40(17)18)31-47(41(19)20,42(21)22)43(23)24/h27H,1-24H3. The molecule has 0 aromatic carbocycles. The second-order valence-electron chi connectivity index (χ2n) is 13.8. The molecule has 0 aliphatic rings. The minimum atomic E-state index is -5.11. The monoisotopic (exact) mass is 780 g/mol. The fraction of sp³-hybridized carbons (Fsp3) is 0.960. The SMILES string of the molecule is CN(C)P(=NP(N=P(N(C)C)(N(C)C)N(C)C)(N=P(N(C)C)(N(C)C)N(C)C)(N=P(N(C)C)(N(C)C)N(C)C)NC#N)(N(C)C)N(C)C. The molecule has 0 amide bonds. The third-order valence-corrected chi connectivity index (χ3v) is 30.3. The molecule has 0 heterocycles. The summed E-state index contributed by atoms with van der Waals surface area (Å²) in [4.78, 5) is 0. The number of nitriles is 1. The summed E-state index contributed by atoms with van der Waals surface area (Å²) in [5.41, 5.74) is 0. The number of rotatable bonds is 17. The van der Waals surface area contributed by atoms with Crippen LogP contribution in [0.3, 0.4) is 0 Å². The van der Waals surface area contributed by atoms with Gasteiger partial charge >= 0.3 is 297 Å². The van der Waals surface area contributed by atoms with Crippen LogP contribution in [-0.4, -0.2) is 225 Å². The van der Waals surface area contributed by atoms with Gasteiger partial charge in [-0.25, -0.2) is 0 Å². The van der Waals surface area contributed by atoms with Crippen LogP contribution in [0.5, 0.6) is 0 Å². The van der Waals surface area contributed by atoms with Crippen LogP contribution in [0.25, 0.3) is 0 Å². The summed E-state index contributed by atoms with van der Waals surface area (Å²) in [7, 11) is 32.0. The average molecular weight is 781 g/mol. The number of hydrogen-bond donors (Lipinski definition) is 1. The molecule has 0 atom stereocenters. The van der Waals surface area contributed by atoms with Crippen molar-refractivity contribution in [2.24, 2.45) is 18.1 Å². The predicted molar refractivity (Wildman–Crippen MR) is 217 cm³/mol. The van der Waals surface area contributed by atoms with Gasteiger partial charge in [0.25, 0.3) is 0 Å². The van der Waals surface area contributed by atoms with E-state index in [1.165, 1.54) is 0 Å². The van der Waals surface area contributed by atoms with Crippen molar-refractivity contribution in [2.45, 2.75) is 0 Å². The molecule has 0 rings (SSSR count). The Morgan fingerprint density at radius 2 is 0.458 bits per heavy atom. The van der Waals surface area contributed by atoms with Crippen molar-refractivity contribution in [3.63, 3.8) is 0 Å². The number of nitrogens with one attached hydrogen (secondary N) is 1. The minimum absolute atomic E-state index is 2.03. The Balaban J connectivity index is 11.1. The first-order chi connectivity index (χ1) is 21.5. The Labute approximate surface area is 296 Å². The topological polar surface area (TPSA) is 124 Å². The van der Waals surface area contributed by atoms with Gasteiger partial charge in [0.05, 0.1) is 0 Å². The third kappa shape index (κ3) is 8.51. The molecular formula is C25H73N18P5. The summed E-state index contributed by atoms with van der Waals surface area (Å²) in [6, 6.07) is 0. The van der Waals surface area contributed by atoms with Gasteiger partial charge in [-0.2, -0.15) is 0 Å². The molecule has 0 unspecified atom stereocenters. The quantitative estimate of drug-likeness (QED) is 0.125. The van der Waals surface area contributed by atoms with Crippen LogP contribution in [0.4, 0.5) is 0 Å². The molecule has 0 saturated carbocycles. The van der Waals surface area contributed by atoms with Crippen molar-refractivity contribution >= 4 is 37.4 Å². The Bertz CT molecular complexity index is 1040. The maximum absolute atomic E-state index is 11.1. The molecule has 18 nitrogen and oxygen atoms in total. The van der Waals surface area contributed by atoms with Crippen molar-refractivity contribution in [3.8, 4) is 6.19 Å². The molecule has 0 aromatic heterocycles. The molecule has 0 aromatic rings. The van der Waals surface area contributed by atoms with E-state index < -0.39 is 37.4 Å². The van der Waals surface area contributed by atoms with Crippen LogP contribution < -0.4 is 5.09 Å². The third-order valence-electron chi connectivity index (χ3n) is 7.83. The molecule has 23 heteroatoms. The molecule has 288 valence electrons. The van der Waals surface area contributed by atoms with Gasteiger partial charge in [-0.15, -0.1) is 0 Å². The molecule has 0 radical (unpaired) electrons. The summed E-state index contributed by atoms with van der Waals surface area (Å²) in [5, 5.41) is 14.5. The molecule has 48 heavy (non-hydrogen) atoms. The second kappa shape index (κ2) is 17.3. The van der Waals surface area contributed by atoms with E-state index >= 15 is 0 Å². The zero-order valence-corrected chi connectivity index (χ0v) is 39.3. The van der Waals surface area contributed by atoms with Crippen molar-refractivity contribution in [1.82, 2.24) is 61.1 Å². The van der Waals surface area contributed by atoms with Crippen LogP contribution in [0, 0.1) is 11.5 Å². The van der Waals surface area contributed by atoms with Gasteiger partial charge in [0.15, 0.2) is 0 Å².